The fourth-order valence-electron chi connectivity index (χ4n) is 1.99. The lowest BCUT2D eigenvalue weighted by Gasteiger charge is -2.33. The second-order valence-electron chi connectivity index (χ2n) is 5.49. The van der Waals surface area contributed by atoms with Crippen LogP contribution in [0.3, 0.4) is 0 Å². The summed E-state index contributed by atoms with van der Waals surface area (Å²) in [6, 6.07) is 0. The number of aromatic nitrogens is 3. The summed E-state index contributed by atoms with van der Waals surface area (Å²) >= 11 is 0. The molecule has 3 N–H and O–H groups in total. The maximum absolute atomic E-state index is 5.69. The van der Waals surface area contributed by atoms with Crippen LogP contribution in [0.5, 0.6) is 0 Å². The van der Waals surface area contributed by atoms with Crippen LogP contribution in [-0.2, 0) is 4.74 Å². The molecule has 0 amide bonds. The summed E-state index contributed by atoms with van der Waals surface area (Å²) in [4.78, 5) is 14.3. The maximum Gasteiger partial charge on any atom is 0.231 e. The largest absolute Gasteiger partial charge is 0.381 e. The van der Waals surface area contributed by atoms with Crippen LogP contribution in [0.1, 0.15) is 19.8 Å². The summed E-state index contributed by atoms with van der Waals surface area (Å²) < 4.78 is 5.39. The van der Waals surface area contributed by atoms with Crippen molar-refractivity contribution in [1.82, 2.24) is 15.0 Å². The van der Waals surface area contributed by atoms with Gasteiger partial charge in [-0.05, 0) is 18.3 Å². The Morgan fingerprint density at radius 3 is 2.58 bits per heavy atom. The van der Waals surface area contributed by atoms with Gasteiger partial charge < -0.3 is 20.7 Å². The highest BCUT2D eigenvalue weighted by Crippen LogP contribution is 2.29. The third kappa shape index (κ3) is 3.66. The monoisotopic (exact) mass is 266 g/mol. The quantitative estimate of drug-likeness (QED) is 0.831. The van der Waals surface area contributed by atoms with Gasteiger partial charge in [0.05, 0.1) is 0 Å². The molecule has 0 atom stereocenters. The molecule has 0 radical (unpaired) electrons. The highest BCUT2D eigenvalue weighted by Gasteiger charge is 2.27. The SMILES string of the molecule is CN(C)c1nc(N)nc(NCC2(C)CCOCC2)n1. The normalized spacial score (nSPS) is 18.1. The number of nitrogen functional groups attached to an aromatic ring is 1. The van der Waals surface area contributed by atoms with Crippen molar-refractivity contribution in [3.05, 3.63) is 0 Å². The number of rotatable bonds is 4. The molecule has 1 aliphatic rings. The average Bonchev–Trinajstić information content (AvgIpc) is 2.37. The van der Waals surface area contributed by atoms with E-state index in [2.05, 4.69) is 27.2 Å². The van der Waals surface area contributed by atoms with Gasteiger partial charge in [0.2, 0.25) is 17.8 Å². The van der Waals surface area contributed by atoms with Crippen LogP contribution >= 0.6 is 0 Å². The molecule has 7 heteroatoms. The van der Waals surface area contributed by atoms with E-state index in [0.29, 0.717) is 11.9 Å². The van der Waals surface area contributed by atoms with Crippen LogP contribution in [0, 0.1) is 5.41 Å². The zero-order valence-electron chi connectivity index (χ0n) is 11.8. The first-order chi connectivity index (χ1) is 8.98. The van der Waals surface area contributed by atoms with Crippen molar-refractivity contribution in [1.29, 1.82) is 0 Å². The lowest BCUT2D eigenvalue weighted by molar-refractivity contribution is 0.0299. The number of hydrogen-bond acceptors (Lipinski definition) is 7. The number of nitrogens with two attached hydrogens (primary N) is 1. The predicted molar refractivity (Wildman–Crippen MR) is 75.2 cm³/mol. The number of ether oxygens (including phenoxy) is 1. The van der Waals surface area contributed by atoms with Crippen LogP contribution in [0.25, 0.3) is 0 Å². The van der Waals surface area contributed by atoms with E-state index in [1.54, 1.807) is 4.90 Å². The smallest absolute Gasteiger partial charge is 0.231 e. The molecule has 1 aromatic heterocycles. The molecule has 0 aromatic carbocycles. The fourth-order valence-corrected chi connectivity index (χ4v) is 1.99. The first kappa shape index (κ1) is 13.8. The third-order valence-corrected chi connectivity index (χ3v) is 3.41. The van der Waals surface area contributed by atoms with Gasteiger partial charge in [-0.25, -0.2) is 0 Å². The summed E-state index contributed by atoms with van der Waals surface area (Å²) in [5.74, 6) is 1.33. The Bertz CT molecular complexity index is 430. The zero-order chi connectivity index (χ0) is 13.9. The predicted octanol–water partition coefficient (Wildman–Crippen LogP) is 0.748. The van der Waals surface area contributed by atoms with E-state index in [0.717, 1.165) is 32.6 Å². The van der Waals surface area contributed by atoms with Crippen molar-refractivity contribution in [2.24, 2.45) is 5.41 Å². The van der Waals surface area contributed by atoms with Crippen LogP contribution in [0.4, 0.5) is 17.8 Å². The van der Waals surface area contributed by atoms with E-state index in [1.165, 1.54) is 0 Å². The fraction of sp³-hybridized carbons (Fsp3) is 0.750. The van der Waals surface area contributed by atoms with Crippen molar-refractivity contribution in [2.75, 3.05) is 49.8 Å². The molecule has 0 spiro atoms. The highest BCUT2D eigenvalue weighted by molar-refractivity contribution is 5.40. The Hall–Kier alpha value is -1.63. The van der Waals surface area contributed by atoms with Gasteiger partial charge in [-0.1, -0.05) is 6.92 Å². The van der Waals surface area contributed by atoms with E-state index in [1.807, 2.05) is 14.1 Å². The Balaban J connectivity index is 2.02. The molecule has 0 aliphatic carbocycles. The topological polar surface area (TPSA) is 89.2 Å². The van der Waals surface area contributed by atoms with E-state index in [9.17, 15) is 0 Å². The molecule has 106 valence electrons. The van der Waals surface area contributed by atoms with Gasteiger partial charge in [0.1, 0.15) is 0 Å². The molecule has 0 bridgehead atoms. The minimum atomic E-state index is 0.220. The van der Waals surface area contributed by atoms with E-state index in [-0.39, 0.29) is 11.4 Å². The Labute approximate surface area is 113 Å². The number of nitrogens with zero attached hydrogens (tertiary/aromatic N) is 4. The second-order valence-corrected chi connectivity index (χ2v) is 5.49. The first-order valence-corrected chi connectivity index (χ1v) is 6.49. The first-order valence-electron chi connectivity index (χ1n) is 6.49. The lowest BCUT2D eigenvalue weighted by Crippen LogP contribution is -2.33. The van der Waals surface area contributed by atoms with E-state index < -0.39 is 0 Å². The third-order valence-electron chi connectivity index (χ3n) is 3.41. The van der Waals surface area contributed by atoms with Crippen LogP contribution in [0.15, 0.2) is 0 Å². The number of anilines is 3. The van der Waals surface area contributed by atoms with Crippen LogP contribution < -0.4 is 16.0 Å². The molecule has 0 saturated carbocycles. The molecular weight excluding hydrogens is 244 g/mol. The average molecular weight is 266 g/mol. The lowest BCUT2D eigenvalue weighted by atomic mass is 9.82. The van der Waals surface area contributed by atoms with Crippen molar-refractivity contribution >= 4 is 17.8 Å². The Morgan fingerprint density at radius 1 is 1.26 bits per heavy atom. The molecule has 7 nitrogen and oxygen atoms in total. The highest BCUT2D eigenvalue weighted by atomic mass is 16.5. The standard InChI is InChI=1S/C12H22N6O/c1-12(4-6-19-7-5-12)8-14-10-15-9(13)16-11(17-10)18(2)3/h4-8H2,1-3H3,(H3,13,14,15,16,17). The van der Waals surface area contributed by atoms with Crippen molar-refractivity contribution in [2.45, 2.75) is 19.8 Å². The minimum absolute atomic E-state index is 0.220. The molecule has 1 saturated heterocycles. The van der Waals surface area contributed by atoms with Gasteiger partial charge >= 0.3 is 0 Å². The van der Waals surface area contributed by atoms with Crippen molar-refractivity contribution in [3.8, 4) is 0 Å². The molecule has 1 aromatic rings. The van der Waals surface area contributed by atoms with Gasteiger partial charge in [0, 0.05) is 33.9 Å². The van der Waals surface area contributed by atoms with Crippen LogP contribution in [0.2, 0.25) is 0 Å². The molecular formula is C12H22N6O. The summed E-state index contributed by atoms with van der Waals surface area (Å²) in [7, 11) is 3.75. The summed E-state index contributed by atoms with van der Waals surface area (Å²) in [5, 5.41) is 3.27. The van der Waals surface area contributed by atoms with Crippen LogP contribution in [-0.4, -0.2) is 48.8 Å². The van der Waals surface area contributed by atoms with Gasteiger partial charge in [0.25, 0.3) is 0 Å². The minimum Gasteiger partial charge on any atom is -0.381 e. The van der Waals surface area contributed by atoms with Gasteiger partial charge in [-0.3, -0.25) is 0 Å². The Kier molecular flexibility index (Phi) is 4.04. The van der Waals surface area contributed by atoms with E-state index in [4.69, 9.17) is 10.5 Å². The number of hydrogen-bond donors (Lipinski definition) is 2. The maximum atomic E-state index is 5.69. The summed E-state index contributed by atoms with van der Waals surface area (Å²) in [5.41, 5.74) is 5.91. The Morgan fingerprint density at radius 2 is 1.95 bits per heavy atom. The van der Waals surface area contributed by atoms with Gasteiger partial charge in [0.15, 0.2) is 0 Å². The summed E-state index contributed by atoms with van der Waals surface area (Å²) in [6.07, 6.45) is 2.09. The zero-order valence-corrected chi connectivity index (χ0v) is 11.8. The van der Waals surface area contributed by atoms with E-state index >= 15 is 0 Å². The van der Waals surface area contributed by atoms with Gasteiger partial charge in [-0.2, -0.15) is 15.0 Å². The number of nitrogens with one attached hydrogen (secondary N) is 1. The van der Waals surface area contributed by atoms with Gasteiger partial charge in [-0.15, -0.1) is 0 Å². The summed E-state index contributed by atoms with van der Waals surface area (Å²) in [6.45, 7) is 4.70. The van der Waals surface area contributed by atoms with Crippen molar-refractivity contribution < 1.29 is 4.74 Å². The molecule has 19 heavy (non-hydrogen) atoms. The van der Waals surface area contributed by atoms with Crippen molar-refractivity contribution in [3.63, 3.8) is 0 Å². The molecule has 1 fully saturated rings. The molecule has 0 unspecified atom stereocenters. The molecule has 2 heterocycles. The molecule has 2 rings (SSSR count). The second kappa shape index (κ2) is 5.56. The molecule has 1 aliphatic heterocycles.